The number of hydrogen-bond donors (Lipinski definition) is 1. The fourth-order valence-electron chi connectivity index (χ4n) is 3.69. The predicted octanol–water partition coefficient (Wildman–Crippen LogP) is 3.40. The average Bonchev–Trinajstić information content (AvgIpc) is 3.08. The molecule has 1 N–H and O–H groups in total. The van der Waals surface area contributed by atoms with Gasteiger partial charge in [0.05, 0.1) is 17.3 Å². The van der Waals surface area contributed by atoms with Crippen molar-refractivity contribution in [3.63, 3.8) is 0 Å². The maximum absolute atomic E-state index is 12.6. The maximum atomic E-state index is 12.6. The van der Waals surface area contributed by atoms with Gasteiger partial charge in [0.2, 0.25) is 5.91 Å². The summed E-state index contributed by atoms with van der Waals surface area (Å²) in [5.41, 5.74) is 4.36. The van der Waals surface area contributed by atoms with Crippen LogP contribution in [0.25, 0.3) is 10.9 Å². The molecular weight excluding hydrogens is 338 g/mol. The van der Waals surface area contributed by atoms with E-state index in [9.17, 15) is 9.59 Å². The number of para-hydroxylation sites is 1. The molecule has 0 radical (unpaired) electrons. The van der Waals surface area contributed by atoms with Crippen molar-refractivity contribution in [2.24, 2.45) is 5.10 Å². The number of nitrogens with one attached hydrogen (secondary N) is 1. The van der Waals surface area contributed by atoms with Gasteiger partial charge in [-0.05, 0) is 29.5 Å². The van der Waals surface area contributed by atoms with Gasteiger partial charge >= 0.3 is 0 Å². The number of aromatic nitrogens is 1. The molecule has 1 amide bonds. The highest BCUT2D eigenvalue weighted by atomic mass is 16.2. The summed E-state index contributed by atoms with van der Waals surface area (Å²) in [7, 11) is 0. The minimum Gasteiger partial charge on any atom is -0.321 e. The highest BCUT2D eigenvalue weighted by Crippen LogP contribution is 2.24. The topological polar surface area (TPSA) is 65.5 Å². The van der Waals surface area contributed by atoms with E-state index in [-0.39, 0.29) is 17.5 Å². The van der Waals surface area contributed by atoms with E-state index >= 15 is 0 Å². The standard InChI is InChI=1S/C22H21N3O2/c1-14-7-6-10-17-11-18(22(27)23-21(14)17)12-19-13-20(24-25(19)15(2)26)16-8-4-3-5-9-16/h3-11,19H,12-13H2,1-2H3,(H,23,27). The van der Waals surface area contributed by atoms with Crippen molar-refractivity contribution in [2.45, 2.75) is 32.7 Å². The number of hydrogen-bond acceptors (Lipinski definition) is 3. The smallest absolute Gasteiger partial charge is 0.251 e. The summed E-state index contributed by atoms with van der Waals surface area (Å²) >= 11 is 0. The van der Waals surface area contributed by atoms with Crippen molar-refractivity contribution >= 4 is 22.5 Å². The molecule has 2 aromatic carbocycles. The van der Waals surface area contributed by atoms with Crippen molar-refractivity contribution in [2.75, 3.05) is 0 Å². The number of pyridine rings is 1. The predicted molar refractivity (Wildman–Crippen MR) is 107 cm³/mol. The van der Waals surface area contributed by atoms with E-state index in [1.807, 2.05) is 61.5 Å². The van der Waals surface area contributed by atoms with Crippen molar-refractivity contribution in [1.29, 1.82) is 0 Å². The number of carbonyl (C=O) groups excluding carboxylic acids is 1. The summed E-state index contributed by atoms with van der Waals surface area (Å²) in [5.74, 6) is -0.112. The Morgan fingerprint density at radius 2 is 1.96 bits per heavy atom. The van der Waals surface area contributed by atoms with Crippen LogP contribution >= 0.6 is 0 Å². The lowest BCUT2D eigenvalue weighted by Gasteiger charge is -2.20. The normalized spacial score (nSPS) is 16.6. The van der Waals surface area contributed by atoms with Crippen molar-refractivity contribution in [1.82, 2.24) is 9.99 Å². The SMILES string of the molecule is CC(=O)N1N=C(c2ccccc2)CC1Cc1cc2cccc(C)c2[nH]c1=O. The third kappa shape index (κ3) is 3.28. The van der Waals surface area contributed by atoms with E-state index < -0.39 is 0 Å². The largest absolute Gasteiger partial charge is 0.321 e. The summed E-state index contributed by atoms with van der Waals surface area (Å²) in [6, 6.07) is 17.6. The van der Waals surface area contributed by atoms with Crippen LogP contribution in [0.4, 0.5) is 0 Å². The van der Waals surface area contributed by atoms with Gasteiger partial charge in [0.25, 0.3) is 5.56 Å². The number of H-pyrrole nitrogens is 1. The number of hydrazone groups is 1. The fraction of sp³-hybridized carbons (Fsp3) is 0.227. The van der Waals surface area contributed by atoms with Gasteiger partial charge in [0.15, 0.2) is 0 Å². The molecule has 0 bridgehead atoms. The monoisotopic (exact) mass is 359 g/mol. The van der Waals surface area contributed by atoms with Crippen molar-refractivity contribution in [3.8, 4) is 0 Å². The molecule has 5 heteroatoms. The number of aryl methyl sites for hydroxylation is 1. The minimum absolute atomic E-state index is 0.103. The third-order valence-corrected chi connectivity index (χ3v) is 5.05. The molecule has 1 aromatic heterocycles. The molecule has 3 aromatic rings. The van der Waals surface area contributed by atoms with Gasteiger partial charge in [-0.3, -0.25) is 9.59 Å². The van der Waals surface area contributed by atoms with E-state index in [1.165, 1.54) is 11.9 Å². The maximum Gasteiger partial charge on any atom is 0.251 e. The van der Waals surface area contributed by atoms with Crippen molar-refractivity contribution in [3.05, 3.63) is 81.6 Å². The van der Waals surface area contributed by atoms with Crippen LogP contribution in [0.1, 0.15) is 30.0 Å². The van der Waals surface area contributed by atoms with Crippen LogP contribution in [0, 0.1) is 6.92 Å². The lowest BCUT2D eigenvalue weighted by Crippen LogP contribution is -2.34. The minimum atomic E-state index is -0.152. The number of benzene rings is 2. The lowest BCUT2D eigenvalue weighted by molar-refractivity contribution is -0.130. The van der Waals surface area contributed by atoms with Gasteiger partial charge < -0.3 is 4.98 Å². The van der Waals surface area contributed by atoms with E-state index in [2.05, 4.69) is 10.1 Å². The zero-order valence-corrected chi connectivity index (χ0v) is 15.4. The first-order chi connectivity index (χ1) is 13.0. The summed E-state index contributed by atoms with van der Waals surface area (Å²) in [4.78, 5) is 27.7. The van der Waals surface area contributed by atoms with Gasteiger partial charge in [-0.2, -0.15) is 5.10 Å². The molecule has 136 valence electrons. The first-order valence-corrected chi connectivity index (χ1v) is 9.07. The van der Waals surface area contributed by atoms with Crippen LogP contribution in [0.5, 0.6) is 0 Å². The summed E-state index contributed by atoms with van der Waals surface area (Å²) in [5, 5.41) is 7.05. The van der Waals surface area contributed by atoms with Crippen LogP contribution in [0.3, 0.4) is 0 Å². The number of rotatable bonds is 3. The fourth-order valence-corrected chi connectivity index (χ4v) is 3.69. The van der Waals surface area contributed by atoms with Gasteiger partial charge in [-0.15, -0.1) is 0 Å². The number of aromatic amines is 1. The van der Waals surface area contributed by atoms with Crippen LogP contribution < -0.4 is 5.56 Å². The second-order valence-corrected chi connectivity index (χ2v) is 7.00. The van der Waals surface area contributed by atoms with E-state index in [4.69, 9.17) is 0 Å². The Bertz CT molecular complexity index is 1100. The quantitative estimate of drug-likeness (QED) is 0.779. The Labute approximate surface area is 157 Å². The van der Waals surface area contributed by atoms with E-state index in [0.29, 0.717) is 18.4 Å². The Balaban J connectivity index is 1.66. The van der Waals surface area contributed by atoms with E-state index in [0.717, 1.165) is 27.7 Å². The highest BCUT2D eigenvalue weighted by Gasteiger charge is 2.30. The van der Waals surface area contributed by atoms with Crippen LogP contribution in [-0.4, -0.2) is 27.7 Å². The molecule has 1 aliphatic heterocycles. The first kappa shape index (κ1) is 17.2. The third-order valence-electron chi connectivity index (χ3n) is 5.05. The molecule has 4 rings (SSSR count). The van der Waals surface area contributed by atoms with Crippen LogP contribution in [0.15, 0.2) is 64.5 Å². The molecule has 1 unspecified atom stereocenters. The Morgan fingerprint density at radius 1 is 1.19 bits per heavy atom. The lowest BCUT2D eigenvalue weighted by atomic mass is 9.98. The second-order valence-electron chi connectivity index (χ2n) is 7.00. The first-order valence-electron chi connectivity index (χ1n) is 9.07. The molecule has 0 aliphatic carbocycles. The molecule has 0 saturated heterocycles. The van der Waals surface area contributed by atoms with Crippen molar-refractivity contribution < 1.29 is 4.79 Å². The number of fused-ring (bicyclic) bond motifs is 1. The summed E-state index contributed by atoms with van der Waals surface area (Å²) in [6.07, 6.45) is 1.10. The van der Waals surface area contributed by atoms with Gasteiger partial charge in [-0.25, -0.2) is 5.01 Å². The van der Waals surface area contributed by atoms with Crippen LogP contribution in [0.2, 0.25) is 0 Å². The van der Waals surface area contributed by atoms with Gasteiger partial charge in [0, 0.05) is 25.3 Å². The molecule has 5 nitrogen and oxygen atoms in total. The number of amides is 1. The van der Waals surface area contributed by atoms with Gasteiger partial charge in [0.1, 0.15) is 0 Å². The zero-order chi connectivity index (χ0) is 19.0. The Hall–Kier alpha value is -3.21. The van der Waals surface area contributed by atoms with Gasteiger partial charge in [-0.1, -0.05) is 48.5 Å². The molecule has 0 saturated carbocycles. The van der Waals surface area contributed by atoms with E-state index in [1.54, 1.807) is 0 Å². The zero-order valence-electron chi connectivity index (χ0n) is 15.4. The summed E-state index contributed by atoms with van der Waals surface area (Å²) in [6.45, 7) is 3.49. The van der Waals surface area contributed by atoms with Crippen LogP contribution in [-0.2, 0) is 11.2 Å². The number of nitrogens with zero attached hydrogens (tertiary/aromatic N) is 2. The summed E-state index contributed by atoms with van der Waals surface area (Å²) < 4.78 is 0. The Kier molecular flexibility index (Phi) is 4.36. The highest BCUT2D eigenvalue weighted by molar-refractivity contribution is 6.03. The molecule has 2 heterocycles. The molecule has 1 aliphatic rings. The number of carbonyl (C=O) groups is 1. The molecule has 1 atom stereocenters. The second kappa shape index (κ2) is 6.83. The average molecular weight is 359 g/mol. The molecule has 0 fully saturated rings. The molecule has 0 spiro atoms. The Morgan fingerprint density at radius 3 is 2.70 bits per heavy atom. The molecular formula is C22H21N3O2. The molecule has 27 heavy (non-hydrogen) atoms.